The highest BCUT2D eigenvalue weighted by molar-refractivity contribution is 6.48. The molecule has 0 rings (SSSR count). The standard InChI is InChI=1S/C5H9Cl2NO2/c1-4(10)2-5(6,7)8-3-9/h8-9H,2-3H2,1H3. The third kappa shape index (κ3) is 4.99. The maximum atomic E-state index is 10.4. The Labute approximate surface area is 69.3 Å². The van der Waals surface area contributed by atoms with E-state index in [2.05, 4.69) is 5.32 Å². The number of halogens is 2. The highest BCUT2D eigenvalue weighted by Gasteiger charge is 2.24. The summed E-state index contributed by atoms with van der Waals surface area (Å²) in [6.07, 6.45) is -0.0172. The number of aliphatic hydroxyl groups is 1. The number of nitrogens with one attached hydrogen (secondary N) is 1. The summed E-state index contributed by atoms with van der Waals surface area (Å²) in [6.45, 7) is 1.03. The van der Waals surface area contributed by atoms with Crippen LogP contribution in [0.25, 0.3) is 0 Å². The lowest BCUT2D eigenvalue weighted by molar-refractivity contribution is -0.117. The number of carbonyl (C=O) groups excluding carboxylic acids is 1. The molecule has 3 nitrogen and oxygen atoms in total. The van der Waals surface area contributed by atoms with Crippen molar-refractivity contribution in [1.82, 2.24) is 5.32 Å². The summed E-state index contributed by atoms with van der Waals surface area (Å²) in [6, 6.07) is 0. The first-order valence-electron chi connectivity index (χ1n) is 2.71. The Morgan fingerprint density at radius 3 is 2.50 bits per heavy atom. The molecule has 5 heteroatoms. The van der Waals surface area contributed by atoms with Crippen LogP contribution < -0.4 is 5.32 Å². The van der Waals surface area contributed by atoms with Gasteiger partial charge < -0.3 is 5.11 Å². The zero-order valence-corrected chi connectivity index (χ0v) is 7.04. The van der Waals surface area contributed by atoms with E-state index < -0.39 is 4.46 Å². The van der Waals surface area contributed by atoms with Crippen molar-refractivity contribution in [2.75, 3.05) is 6.73 Å². The van der Waals surface area contributed by atoms with Gasteiger partial charge in [0.1, 0.15) is 5.78 Å². The minimum absolute atomic E-state index is 0.0172. The fourth-order valence-corrected chi connectivity index (χ4v) is 0.987. The number of hydrogen-bond acceptors (Lipinski definition) is 3. The predicted octanol–water partition coefficient (Wildman–Crippen LogP) is 0.636. The average molecular weight is 186 g/mol. The van der Waals surface area contributed by atoms with Crippen LogP contribution in [0, 0.1) is 0 Å². The molecule has 60 valence electrons. The van der Waals surface area contributed by atoms with Gasteiger partial charge >= 0.3 is 0 Å². The molecule has 0 unspecified atom stereocenters. The SMILES string of the molecule is CC(=O)CC(Cl)(Cl)NCO. The van der Waals surface area contributed by atoms with Gasteiger partial charge in [0.2, 0.25) is 0 Å². The van der Waals surface area contributed by atoms with Crippen molar-refractivity contribution in [2.24, 2.45) is 0 Å². The van der Waals surface area contributed by atoms with Crippen LogP contribution in [0.1, 0.15) is 13.3 Å². The summed E-state index contributed by atoms with van der Waals surface area (Å²) in [4.78, 5) is 10.4. The molecule has 0 fully saturated rings. The van der Waals surface area contributed by atoms with E-state index in [-0.39, 0.29) is 18.9 Å². The maximum Gasteiger partial charge on any atom is 0.177 e. The van der Waals surface area contributed by atoms with E-state index >= 15 is 0 Å². The zero-order valence-electron chi connectivity index (χ0n) is 5.53. The quantitative estimate of drug-likeness (QED) is 0.384. The largest absolute Gasteiger partial charge is 0.381 e. The van der Waals surface area contributed by atoms with Gasteiger partial charge in [-0.15, -0.1) is 0 Å². The number of alkyl halides is 2. The van der Waals surface area contributed by atoms with E-state index in [9.17, 15) is 4.79 Å². The Morgan fingerprint density at radius 1 is 1.70 bits per heavy atom. The molecule has 0 aromatic heterocycles. The van der Waals surface area contributed by atoms with Crippen molar-refractivity contribution in [3.8, 4) is 0 Å². The molecule has 10 heavy (non-hydrogen) atoms. The normalized spacial score (nSPS) is 11.6. The molecule has 0 atom stereocenters. The summed E-state index contributed by atoms with van der Waals surface area (Å²) >= 11 is 11.0. The fourth-order valence-electron chi connectivity index (χ4n) is 0.491. The van der Waals surface area contributed by atoms with Crippen LogP contribution in [0.2, 0.25) is 0 Å². The highest BCUT2D eigenvalue weighted by atomic mass is 35.5. The molecule has 0 spiro atoms. The lowest BCUT2D eigenvalue weighted by Crippen LogP contribution is -2.36. The van der Waals surface area contributed by atoms with Crippen molar-refractivity contribution in [3.05, 3.63) is 0 Å². The second-order valence-corrected chi connectivity index (χ2v) is 3.40. The van der Waals surface area contributed by atoms with Gasteiger partial charge in [0.05, 0.1) is 13.2 Å². The van der Waals surface area contributed by atoms with Crippen LogP contribution in [0.15, 0.2) is 0 Å². The Bertz CT molecular complexity index is 127. The summed E-state index contributed by atoms with van der Waals surface area (Å²) in [5.41, 5.74) is 0. The van der Waals surface area contributed by atoms with Crippen LogP contribution in [-0.4, -0.2) is 22.1 Å². The van der Waals surface area contributed by atoms with Gasteiger partial charge in [-0.1, -0.05) is 23.2 Å². The molecule has 0 aliphatic heterocycles. The van der Waals surface area contributed by atoms with Crippen LogP contribution in [0.5, 0.6) is 0 Å². The van der Waals surface area contributed by atoms with Crippen LogP contribution in [0.3, 0.4) is 0 Å². The molecular weight excluding hydrogens is 177 g/mol. The Morgan fingerprint density at radius 2 is 2.20 bits per heavy atom. The predicted molar refractivity (Wildman–Crippen MR) is 40.0 cm³/mol. The van der Waals surface area contributed by atoms with Gasteiger partial charge in [-0.25, -0.2) is 0 Å². The van der Waals surface area contributed by atoms with Crippen molar-refractivity contribution >= 4 is 29.0 Å². The van der Waals surface area contributed by atoms with E-state index in [0.717, 1.165) is 0 Å². The lowest BCUT2D eigenvalue weighted by Gasteiger charge is -2.17. The molecule has 0 amide bonds. The Balaban J connectivity index is 3.74. The first kappa shape index (κ1) is 10.2. The summed E-state index contributed by atoms with van der Waals surface area (Å²) in [5.74, 6) is -0.133. The fraction of sp³-hybridized carbons (Fsp3) is 0.800. The van der Waals surface area contributed by atoms with E-state index in [4.69, 9.17) is 28.3 Å². The van der Waals surface area contributed by atoms with Gasteiger partial charge in [-0.3, -0.25) is 10.1 Å². The molecule has 0 heterocycles. The molecule has 0 aromatic rings. The minimum Gasteiger partial charge on any atom is -0.381 e. The van der Waals surface area contributed by atoms with Crippen molar-refractivity contribution in [3.63, 3.8) is 0 Å². The number of Topliss-reactive ketones (excluding diaryl/α,β-unsaturated/α-hetero) is 1. The molecule has 0 aliphatic carbocycles. The number of ketones is 1. The van der Waals surface area contributed by atoms with Crippen LogP contribution >= 0.6 is 23.2 Å². The lowest BCUT2D eigenvalue weighted by atomic mass is 10.3. The van der Waals surface area contributed by atoms with E-state index in [0.29, 0.717) is 0 Å². The van der Waals surface area contributed by atoms with Crippen LogP contribution in [-0.2, 0) is 4.79 Å². The van der Waals surface area contributed by atoms with Crippen molar-refractivity contribution < 1.29 is 9.90 Å². The van der Waals surface area contributed by atoms with Crippen molar-refractivity contribution in [2.45, 2.75) is 17.8 Å². The first-order valence-corrected chi connectivity index (χ1v) is 3.46. The van der Waals surface area contributed by atoms with Crippen LogP contribution in [0.4, 0.5) is 0 Å². The second kappa shape index (κ2) is 4.13. The molecule has 0 saturated carbocycles. The van der Waals surface area contributed by atoms with E-state index in [1.807, 2.05) is 0 Å². The minimum atomic E-state index is -1.33. The summed E-state index contributed by atoms with van der Waals surface area (Å²) in [7, 11) is 0. The Kier molecular flexibility index (Phi) is 4.20. The van der Waals surface area contributed by atoms with Crippen molar-refractivity contribution in [1.29, 1.82) is 0 Å². The molecule has 0 bridgehead atoms. The highest BCUT2D eigenvalue weighted by Crippen LogP contribution is 2.21. The monoisotopic (exact) mass is 185 g/mol. The summed E-state index contributed by atoms with van der Waals surface area (Å²) < 4.78 is -1.33. The van der Waals surface area contributed by atoms with Gasteiger partial charge in [0, 0.05) is 0 Å². The number of rotatable bonds is 4. The molecule has 0 saturated heterocycles. The number of hydrogen-bond donors (Lipinski definition) is 2. The van der Waals surface area contributed by atoms with Gasteiger partial charge in [0.15, 0.2) is 4.46 Å². The molecule has 0 aromatic carbocycles. The van der Waals surface area contributed by atoms with Gasteiger partial charge in [-0.05, 0) is 6.92 Å². The van der Waals surface area contributed by atoms with Gasteiger partial charge in [0.25, 0.3) is 0 Å². The Hall–Kier alpha value is 0.170. The van der Waals surface area contributed by atoms with E-state index in [1.54, 1.807) is 0 Å². The topological polar surface area (TPSA) is 49.3 Å². The third-order valence-corrected chi connectivity index (χ3v) is 1.34. The number of carbonyl (C=O) groups is 1. The first-order chi connectivity index (χ1) is 4.48. The molecule has 2 N–H and O–H groups in total. The second-order valence-electron chi connectivity index (χ2n) is 1.92. The zero-order chi connectivity index (χ0) is 8.20. The summed E-state index contributed by atoms with van der Waals surface area (Å²) in [5, 5.41) is 10.6. The smallest absolute Gasteiger partial charge is 0.177 e. The van der Waals surface area contributed by atoms with E-state index in [1.165, 1.54) is 6.92 Å². The van der Waals surface area contributed by atoms with Gasteiger partial charge in [-0.2, -0.15) is 0 Å². The third-order valence-electron chi connectivity index (χ3n) is 0.809. The molecular formula is C5H9Cl2NO2. The average Bonchev–Trinajstić information content (AvgIpc) is 1.59. The maximum absolute atomic E-state index is 10.4. The molecule has 0 radical (unpaired) electrons. The number of aliphatic hydroxyl groups excluding tert-OH is 1. The molecule has 0 aliphatic rings.